The van der Waals surface area contributed by atoms with Crippen LogP contribution < -0.4 is 0 Å². The molecule has 5 heteroatoms. The van der Waals surface area contributed by atoms with Crippen molar-refractivity contribution in [3.05, 3.63) is 0 Å². The molecule has 0 aromatic carbocycles. The smallest absolute Gasteiger partial charge is 0.201 e. The number of carbonyl (C=O) groups excluding carboxylic acids is 5. The molecule has 0 aromatic heterocycles. The lowest BCUT2D eigenvalue weighted by Crippen LogP contribution is -2.37. The third-order valence-electron chi connectivity index (χ3n) is 9.45. The molecule has 3 aliphatic rings. The van der Waals surface area contributed by atoms with Crippen LogP contribution in [0.3, 0.4) is 0 Å². The lowest BCUT2D eigenvalue weighted by atomic mass is 9.71. The highest BCUT2D eigenvalue weighted by atomic mass is 16.2. The van der Waals surface area contributed by atoms with E-state index in [0.717, 1.165) is 25.7 Å². The molecule has 0 amide bonds. The highest BCUT2D eigenvalue weighted by molar-refractivity contribution is 6.37. The van der Waals surface area contributed by atoms with Gasteiger partial charge >= 0.3 is 0 Å². The molecule has 0 heterocycles. The normalized spacial score (nSPS) is 28.5. The summed E-state index contributed by atoms with van der Waals surface area (Å²) in [6, 6.07) is 0. The van der Waals surface area contributed by atoms with Crippen molar-refractivity contribution in [1.82, 2.24) is 0 Å². The van der Waals surface area contributed by atoms with Gasteiger partial charge in [-0.3, -0.25) is 24.0 Å². The molecule has 0 radical (unpaired) electrons. The fraction of sp³-hybridized carbons (Fsp3) is 0.839. The Morgan fingerprint density at radius 1 is 0.972 bits per heavy atom. The number of ketones is 5. The predicted octanol–water partition coefficient (Wildman–Crippen LogP) is 6.20. The van der Waals surface area contributed by atoms with E-state index in [1.807, 2.05) is 27.7 Å². The van der Waals surface area contributed by atoms with Crippen molar-refractivity contribution in [3.63, 3.8) is 0 Å². The third-order valence-corrected chi connectivity index (χ3v) is 9.45. The fourth-order valence-corrected chi connectivity index (χ4v) is 7.35. The molecule has 36 heavy (non-hydrogen) atoms. The molecule has 0 N–H and O–H groups in total. The molecule has 3 rings (SSSR count). The van der Waals surface area contributed by atoms with E-state index in [2.05, 4.69) is 13.8 Å². The van der Waals surface area contributed by atoms with Crippen LogP contribution in [0.25, 0.3) is 0 Å². The maximum Gasteiger partial charge on any atom is 0.201 e. The quantitative estimate of drug-likeness (QED) is 0.265. The molecule has 0 aromatic rings. The second-order valence-corrected chi connectivity index (χ2v) is 14.0. The zero-order valence-corrected chi connectivity index (χ0v) is 23.7. The summed E-state index contributed by atoms with van der Waals surface area (Å²) in [5.74, 6) is -1.47. The van der Waals surface area contributed by atoms with Crippen molar-refractivity contribution >= 4 is 28.9 Å². The van der Waals surface area contributed by atoms with Crippen molar-refractivity contribution in [2.45, 2.75) is 113 Å². The SMILES string of the molecule is CCCC(CC(=O)CC(C)(C)C)C(=O)C1CC2C(C1C(=O)CC(CC1CCC1)C(=O)C(C)=O)C2(C)C. The van der Waals surface area contributed by atoms with Crippen LogP contribution >= 0.6 is 0 Å². The molecule has 0 aliphatic heterocycles. The molecule has 6 unspecified atom stereocenters. The van der Waals surface area contributed by atoms with Gasteiger partial charge in [-0.1, -0.05) is 67.2 Å². The van der Waals surface area contributed by atoms with Gasteiger partial charge in [-0.2, -0.15) is 0 Å². The topological polar surface area (TPSA) is 85.3 Å². The summed E-state index contributed by atoms with van der Waals surface area (Å²) in [5.41, 5.74) is -0.0967. The predicted molar refractivity (Wildman–Crippen MR) is 140 cm³/mol. The van der Waals surface area contributed by atoms with Crippen LogP contribution in [0.1, 0.15) is 113 Å². The first kappa shape index (κ1) is 28.9. The minimum atomic E-state index is -0.559. The van der Waals surface area contributed by atoms with Crippen LogP contribution in [-0.2, 0) is 24.0 Å². The first-order valence-electron chi connectivity index (χ1n) is 14.3. The van der Waals surface area contributed by atoms with Gasteiger partial charge in [0.25, 0.3) is 0 Å². The van der Waals surface area contributed by atoms with Crippen molar-refractivity contribution in [2.24, 2.45) is 52.3 Å². The van der Waals surface area contributed by atoms with Gasteiger partial charge in [0.2, 0.25) is 5.78 Å². The van der Waals surface area contributed by atoms with Crippen molar-refractivity contribution in [3.8, 4) is 0 Å². The molecule has 3 fully saturated rings. The molecule has 3 aliphatic carbocycles. The Balaban J connectivity index is 1.78. The highest BCUT2D eigenvalue weighted by Crippen LogP contribution is 2.71. The Hall–Kier alpha value is -1.65. The van der Waals surface area contributed by atoms with Crippen molar-refractivity contribution in [1.29, 1.82) is 0 Å². The average molecular weight is 501 g/mol. The molecule has 3 saturated carbocycles. The van der Waals surface area contributed by atoms with Gasteiger partial charge in [-0.15, -0.1) is 0 Å². The molecule has 6 atom stereocenters. The van der Waals surface area contributed by atoms with E-state index >= 15 is 0 Å². The molecular weight excluding hydrogens is 452 g/mol. The van der Waals surface area contributed by atoms with Crippen molar-refractivity contribution in [2.75, 3.05) is 0 Å². The summed E-state index contributed by atoms with van der Waals surface area (Å²) in [7, 11) is 0. The molecule has 0 spiro atoms. The van der Waals surface area contributed by atoms with E-state index in [4.69, 9.17) is 0 Å². The second kappa shape index (κ2) is 11.0. The lowest BCUT2D eigenvalue weighted by Gasteiger charge is -2.31. The van der Waals surface area contributed by atoms with Gasteiger partial charge in [-0.25, -0.2) is 0 Å². The lowest BCUT2D eigenvalue weighted by molar-refractivity contribution is -0.141. The molecular formula is C31H48O5. The van der Waals surface area contributed by atoms with Crippen LogP contribution in [0, 0.1) is 52.3 Å². The van der Waals surface area contributed by atoms with E-state index in [1.165, 1.54) is 6.92 Å². The zero-order valence-electron chi connectivity index (χ0n) is 23.7. The van der Waals surface area contributed by atoms with Gasteiger partial charge < -0.3 is 0 Å². The van der Waals surface area contributed by atoms with E-state index in [9.17, 15) is 24.0 Å². The summed E-state index contributed by atoms with van der Waals surface area (Å²) in [6.07, 6.45) is 6.82. The Kier molecular flexibility index (Phi) is 8.83. The van der Waals surface area contributed by atoms with Gasteiger partial charge in [-0.05, 0) is 47.8 Å². The highest BCUT2D eigenvalue weighted by Gasteiger charge is 2.69. The fourth-order valence-electron chi connectivity index (χ4n) is 7.35. The largest absolute Gasteiger partial charge is 0.300 e. The minimum absolute atomic E-state index is 0.0124. The number of Topliss-reactive ketones (excluding diaryl/α,β-unsaturated/α-hetero) is 5. The van der Waals surface area contributed by atoms with Gasteiger partial charge in [0.1, 0.15) is 17.3 Å². The third kappa shape index (κ3) is 6.42. The average Bonchev–Trinajstić information content (AvgIpc) is 3.07. The van der Waals surface area contributed by atoms with E-state index in [0.29, 0.717) is 37.5 Å². The first-order valence-corrected chi connectivity index (χ1v) is 14.3. The van der Waals surface area contributed by atoms with E-state index in [1.54, 1.807) is 0 Å². The van der Waals surface area contributed by atoms with Gasteiger partial charge in [0.15, 0.2) is 5.78 Å². The summed E-state index contributed by atoms with van der Waals surface area (Å²) in [4.78, 5) is 65.1. The molecule has 0 saturated heterocycles. The second-order valence-electron chi connectivity index (χ2n) is 14.0. The maximum absolute atomic E-state index is 13.9. The van der Waals surface area contributed by atoms with Crippen LogP contribution in [-0.4, -0.2) is 28.9 Å². The number of hydrogen-bond acceptors (Lipinski definition) is 5. The zero-order chi connectivity index (χ0) is 27.0. The van der Waals surface area contributed by atoms with E-state index < -0.39 is 23.4 Å². The summed E-state index contributed by atoms with van der Waals surface area (Å²) >= 11 is 0. The Morgan fingerprint density at radius 2 is 1.61 bits per heavy atom. The molecule has 202 valence electrons. The standard InChI is InChI=1S/C31H48O5/c1-8-10-20(14-22(33)17-30(3,4)5)29(36)23-16-24-27(31(24,6)7)26(23)25(34)15-21(28(35)18(2)32)13-19-11-9-12-19/h19-21,23-24,26-27H,8-17H2,1-7H3. The Labute approximate surface area is 217 Å². The van der Waals surface area contributed by atoms with E-state index in [-0.39, 0.29) is 58.8 Å². The van der Waals surface area contributed by atoms with Crippen LogP contribution in [0.15, 0.2) is 0 Å². The molecule has 0 bridgehead atoms. The number of carbonyl (C=O) groups is 5. The molecule has 5 nitrogen and oxygen atoms in total. The van der Waals surface area contributed by atoms with Crippen molar-refractivity contribution < 1.29 is 24.0 Å². The number of fused-ring (bicyclic) bond motifs is 1. The van der Waals surface area contributed by atoms with Crippen LogP contribution in [0.4, 0.5) is 0 Å². The Bertz CT molecular complexity index is 887. The minimum Gasteiger partial charge on any atom is -0.300 e. The van der Waals surface area contributed by atoms with Crippen LogP contribution in [0.5, 0.6) is 0 Å². The monoisotopic (exact) mass is 500 g/mol. The number of rotatable bonds is 14. The van der Waals surface area contributed by atoms with Crippen LogP contribution in [0.2, 0.25) is 0 Å². The first-order chi connectivity index (χ1) is 16.7. The summed E-state index contributed by atoms with van der Waals surface area (Å²) < 4.78 is 0. The summed E-state index contributed by atoms with van der Waals surface area (Å²) in [6.45, 7) is 13.8. The number of hydrogen-bond donors (Lipinski definition) is 0. The summed E-state index contributed by atoms with van der Waals surface area (Å²) in [5, 5.41) is 0. The van der Waals surface area contributed by atoms with Gasteiger partial charge in [0.05, 0.1) is 0 Å². The maximum atomic E-state index is 13.9. The van der Waals surface area contributed by atoms with Gasteiger partial charge in [0, 0.05) is 49.9 Å². The Morgan fingerprint density at radius 3 is 2.11 bits per heavy atom.